The lowest BCUT2D eigenvalue weighted by molar-refractivity contribution is 0.0973. The summed E-state index contributed by atoms with van der Waals surface area (Å²) in [6.07, 6.45) is 3.14. The Kier molecular flexibility index (Phi) is 9.30. The van der Waals surface area contributed by atoms with Gasteiger partial charge in [0.1, 0.15) is 11.6 Å². The van der Waals surface area contributed by atoms with Crippen LogP contribution in [0.4, 0.5) is 4.39 Å². The highest BCUT2D eigenvalue weighted by atomic mass is 79.9. The maximum Gasteiger partial charge on any atom is 0.258 e. The lowest BCUT2D eigenvalue weighted by atomic mass is 9.98. The average Bonchev–Trinajstić information content (AvgIpc) is 3.41. The number of carbonyl (C=O) groups excluding carboxylic acids is 1. The molecule has 194 valence electrons. The molecule has 0 aromatic heterocycles. The summed E-state index contributed by atoms with van der Waals surface area (Å²) in [5.41, 5.74) is 2.49. The molecule has 1 aliphatic heterocycles. The fraction of sp³-hybridized carbons (Fsp3) is 0.310. The quantitative estimate of drug-likeness (QED) is 0.237. The molecule has 0 spiro atoms. The van der Waals surface area contributed by atoms with Gasteiger partial charge in [0, 0.05) is 22.1 Å². The third kappa shape index (κ3) is 7.17. The Balaban J connectivity index is 1.46. The largest absolute Gasteiger partial charge is 0.496 e. The molecule has 1 unspecified atom stereocenters. The topological polar surface area (TPSA) is 77.4 Å². The van der Waals surface area contributed by atoms with Crippen LogP contribution in [0.2, 0.25) is 0 Å². The Labute approximate surface area is 225 Å². The van der Waals surface area contributed by atoms with E-state index in [1.54, 1.807) is 13.2 Å². The van der Waals surface area contributed by atoms with Crippen molar-refractivity contribution >= 4 is 27.8 Å². The molecular weight excluding hydrogens is 535 g/mol. The minimum Gasteiger partial charge on any atom is -0.496 e. The van der Waals surface area contributed by atoms with Crippen molar-refractivity contribution in [3.05, 3.63) is 99.3 Å². The molecule has 8 heteroatoms. The number of ether oxygens (including phenoxy) is 1. The Hall–Kier alpha value is -3.23. The second kappa shape index (κ2) is 12.8. The van der Waals surface area contributed by atoms with Gasteiger partial charge in [-0.2, -0.15) is 0 Å². The fourth-order valence-corrected chi connectivity index (χ4v) is 5.17. The van der Waals surface area contributed by atoms with Gasteiger partial charge in [-0.1, -0.05) is 52.3 Å². The van der Waals surface area contributed by atoms with Crippen LogP contribution in [0, 0.1) is 11.2 Å². The van der Waals surface area contributed by atoms with E-state index in [4.69, 9.17) is 10.1 Å². The number of guanidine groups is 1. The molecule has 1 saturated heterocycles. The molecule has 3 N–H and O–H groups in total. The first-order valence-electron chi connectivity index (χ1n) is 12.5. The molecule has 3 aromatic rings. The van der Waals surface area contributed by atoms with Gasteiger partial charge in [-0.25, -0.2) is 4.39 Å². The maximum atomic E-state index is 14.9. The number of nitrogens with zero attached hydrogens (tertiary/aromatic N) is 1. The molecule has 0 saturated carbocycles. The summed E-state index contributed by atoms with van der Waals surface area (Å²) in [6, 6.07) is 19.9. The molecule has 6 nitrogen and oxygen atoms in total. The van der Waals surface area contributed by atoms with E-state index < -0.39 is 11.7 Å². The van der Waals surface area contributed by atoms with Crippen molar-refractivity contribution in [1.82, 2.24) is 15.5 Å². The molecule has 0 radical (unpaired) electrons. The van der Waals surface area contributed by atoms with Crippen LogP contribution in [-0.4, -0.2) is 43.5 Å². The van der Waals surface area contributed by atoms with E-state index in [9.17, 15) is 9.18 Å². The predicted molar refractivity (Wildman–Crippen MR) is 148 cm³/mol. The predicted octanol–water partition coefficient (Wildman–Crippen LogP) is 5.47. The zero-order chi connectivity index (χ0) is 26.2. The van der Waals surface area contributed by atoms with E-state index in [1.807, 2.05) is 48.5 Å². The molecule has 4 rings (SSSR count). The Morgan fingerprint density at radius 3 is 2.57 bits per heavy atom. The first kappa shape index (κ1) is 26.8. The highest BCUT2D eigenvalue weighted by Crippen LogP contribution is 2.26. The molecule has 1 aliphatic rings. The summed E-state index contributed by atoms with van der Waals surface area (Å²) in [5.74, 6) is -0.359. The fourth-order valence-electron chi connectivity index (χ4n) is 4.76. The van der Waals surface area contributed by atoms with Gasteiger partial charge in [0.2, 0.25) is 0 Å². The molecule has 1 heterocycles. The number of methoxy groups -OCH3 is 1. The van der Waals surface area contributed by atoms with Crippen LogP contribution in [0.15, 0.2) is 71.2 Å². The number of likely N-dealkylation sites (tertiary alicyclic amines) is 1. The lowest BCUT2D eigenvalue weighted by Crippen LogP contribution is -2.45. The molecule has 0 aliphatic carbocycles. The molecule has 0 bridgehead atoms. The number of hydrogen-bond acceptors (Lipinski definition) is 4. The highest BCUT2D eigenvalue weighted by molar-refractivity contribution is 9.10. The first-order valence-corrected chi connectivity index (χ1v) is 13.3. The zero-order valence-electron chi connectivity index (χ0n) is 20.9. The number of carbonyl (C=O) groups is 1. The van der Waals surface area contributed by atoms with E-state index >= 15 is 0 Å². The Bertz CT molecular complexity index is 1230. The summed E-state index contributed by atoms with van der Waals surface area (Å²) >= 11 is 3.47. The van der Waals surface area contributed by atoms with E-state index in [-0.39, 0.29) is 17.6 Å². The highest BCUT2D eigenvalue weighted by Gasteiger charge is 2.22. The van der Waals surface area contributed by atoms with Gasteiger partial charge in [0.15, 0.2) is 5.96 Å². The van der Waals surface area contributed by atoms with Crippen molar-refractivity contribution in [3.8, 4) is 5.75 Å². The summed E-state index contributed by atoms with van der Waals surface area (Å²) in [7, 11) is 1.60. The summed E-state index contributed by atoms with van der Waals surface area (Å²) < 4.78 is 21.2. The number of rotatable bonds is 9. The number of hydrogen-bond donors (Lipinski definition) is 3. The third-order valence-corrected chi connectivity index (χ3v) is 7.14. The smallest absolute Gasteiger partial charge is 0.258 e. The molecule has 1 atom stereocenters. The lowest BCUT2D eigenvalue weighted by Gasteiger charge is -2.26. The number of aryl methyl sites for hydroxylation is 1. The van der Waals surface area contributed by atoms with Crippen LogP contribution in [-0.2, 0) is 12.8 Å². The summed E-state index contributed by atoms with van der Waals surface area (Å²) in [4.78, 5) is 15.5. The van der Waals surface area contributed by atoms with Crippen LogP contribution in [0.5, 0.6) is 5.75 Å². The van der Waals surface area contributed by atoms with Crippen molar-refractivity contribution in [1.29, 1.82) is 5.41 Å². The van der Waals surface area contributed by atoms with Crippen LogP contribution >= 0.6 is 15.9 Å². The zero-order valence-corrected chi connectivity index (χ0v) is 22.5. The van der Waals surface area contributed by atoms with E-state index in [1.165, 1.54) is 25.0 Å². The van der Waals surface area contributed by atoms with Crippen LogP contribution in [0.3, 0.4) is 0 Å². The van der Waals surface area contributed by atoms with Gasteiger partial charge in [-0.15, -0.1) is 0 Å². The van der Waals surface area contributed by atoms with Crippen LogP contribution in [0.1, 0.15) is 45.9 Å². The van der Waals surface area contributed by atoms with Crippen molar-refractivity contribution in [3.63, 3.8) is 0 Å². The van der Waals surface area contributed by atoms with Crippen molar-refractivity contribution in [2.24, 2.45) is 0 Å². The van der Waals surface area contributed by atoms with Crippen molar-refractivity contribution in [2.45, 2.75) is 31.7 Å². The number of amides is 1. The molecule has 1 amide bonds. The SMILES string of the molecule is COc1ccc(Br)cc1CCc1c(F)cccc1C(=O)NC(=N)NC(CN1CCCC1)c1ccccc1. The maximum absolute atomic E-state index is 14.9. The van der Waals surface area contributed by atoms with Gasteiger partial charge in [-0.05, 0) is 80.2 Å². The van der Waals surface area contributed by atoms with E-state index in [0.717, 1.165) is 35.2 Å². The number of benzene rings is 3. The van der Waals surface area contributed by atoms with Crippen molar-refractivity contribution in [2.75, 3.05) is 26.7 Å². The standard InChI is InChI=1S/C29H32BrFN4O2/c1-37-27-15-13-22(30)18-21(27)12-14-23-24(10-7-11-25(23)31)28(36)34-29(32)33-26(19-35-16-5-6-17-35)20-8-3-2-4-9-20/h2-4,7-11,13,15,18,26H,5-6,12,14,16-17,19H2,1H3,(H3,32,33,34,36). The Morgan fingerprint density at radius 1 is 1.08 bits per heavy atom. The van der Waals surface area contributed by atoms with Gasteiger partial charge >= 0.3 is 0 Å². The van der Waals surface area contributed by atoms with Crippen LogP contribution < -0.4 is 15.4 Å². The van der Waals surface area contributed by atoms with Gasteiger partial charge in [0.25, 0.3) is 5.91 Å². The normalized spacial score (nSPS) is 14.2. The monoisotopic (exact) mass is 566 g/mol. The number of nitrogens with one attached hydrogen (secondary N) is 3. The van der Waals surface area contributed by atoms with Crippen LogP contribution in [0.25, 0.3) is 0 Å². The second-order valence-electron chi connectivity index (χ2n) is 9.17. The molecule has 1 fully saturated rings. The molecule has 37 heavy (non-hydrogen) atoms. The van der Waals surface area contributed by atoms with Crippen molar-refractivity contribution < 1.29 is 13.9 Å². The molecular formula is C29H32BrFN4O2. The minimum absolute atomic E-state index is 0.109. The van der Waals surface area contributed by atoms with E-state index in [0.29, 0.717) is 24.2 Å². The van der Waals surface area contributed by atoms with Gasteiger partial charge in [0.05, 0.1) is 13.2 Å². The summed E-state index contributed by atoms with van der Waals surface area (Å²) in [6.45, 7) is 2.79. The Morgan fingerprint density at radius 2 is 1.84 bits per heavy atom. The van der Waals surface area contributed by atoms with E-state index in [2.05, 4.69) is 31.5 Å². The minimum atomic E-state index is -0.513. The number of halogens is 2. The average molecular weight is 568 g/mol. The third-order valence-electron chi connectivity index (χ3n) is 6.65. The summed E-state index contributed by atoms with van der Waals surface area (Å²) in [5, 5.41) is 14.3. The second-order valence-corrected chi connectivity index (χ2v) is 10.1. The van der Waals surface area contributed by atoms with Gasteiger partial charge < -0.3 is 15.0 Å². The first-order chi connectivity index (χ1) is 17.9. The van der Waals surface area contributed by atoms with Gasteiger partial charge in [-0.3, -0.25) is 15.5 Å². The molecule has 3 aromatic carbocycles.